The Morgan fingerprint density at radius 3 is 2.50 bits per heavy atom. The summed E-state index contributed by atoms with van der Waals surface area (Å²) in [6.07, 6.45) is 1.79. The molecule has 142 valence electrons. The molecule has 1 aliphatic rings. The number of nitrogens with zero attached hydrogens (tertiary/aromatic N) is 1. The predicted octanol–water partition coefficient (Wildman–Crippen LogP) is 2.26. The zero-order valence-electron chi connectivity index (χ0n) is 15.1. The fourth-order valence-electron chi connectivity index (χ4n) is 3.24. The summed E-state index contributed by atoms with van der Waals surface area (Å²) in [6, 6.07) is 8.23. The summed E-state index contributed by atoms with van der Waals surface area (Å²) in [5.74, 6) is -1.63. The van der Waals surface area contributed by atoms with Gasteiger partial charge in [-0.2, -0.15) is 12.6 Å². The van der Waals surface area contributed by atoms with Crippen molar-refractivity contribution >= 4 is 30.4 Å². The number of nitrogens with one attached hydrogen (secondary N) is 1. The lowest BCUT2D eigenvalue weighted by molar-refractivity contribution is -0.149. The number of carboxylic acids is 1. The Kier molecular flexibility index (Phi) is 7.08. The van der Waals surface area contributed by atoms with Gasteiger partial charge in [0.15, 0.2) is 0 Å². The number of rotatable bonds is 7. The van der Waals surface area contributed by atoms with Crippen LogP contribution in [0.2, 0.25) is 0 Å². The first-order valence-corrected chi connectivity index (χ1v) is 9.43. The van der Waals surface area contributed by atoms with E-state index in [1.165, 1.54) is 4.90 Å². The standard InChI is InChI=1S/C19H26N2O4S/c1-3-12(2)17(26)18(23)20-11-16(22)21-14(9-10-15(21)19(24)25)13-7-5-4-6-8-13/h4-8,12,14-15,17,26H,3,9-11H2,1-2H3,(H,20,23)(H,24,25)/t12-,14+,15-,17?/m0/s1. The van der Waals surface area contributed by atoms with Crippen molar-refractivity contribution < 1.29 is 19.5 Å². The minimum Gasteiger partial charge on any atom is -0.480 e. The summed E-state index contributed by atoms with van der Waals surface area (Å²) in [7, 11) is 0. The maximum Gasteiger partial charge on any atom is 0.326 e. The average Bonchev–Trinajstić information content (AvgIpc) is 3.10. The van der Waals surface area contributed by atoms with Crippen LogP contribution in [0.4, 0.5) is 0 Å². The molecule has 0 spiro atoms. The Morgan fingerprint density at radius 1 is 1.27 bits per heavy atom. The van der Waals surface area contributed by atoms with Crippen LogP contribution in [-0.2, 0) is 14.4 Å². The number of benzene rings is 1. The number of carbonyl (C=O) groups is 3. The van der Waals surface area contributed by atoms with E-state index >= 15 is 0 Å². The minimum atomic E-state index is -1.02. The third-order valence-electron chi connectivity index (χ3n) is 5.01. The van der Waals surface area contributed by atoms with Gasteiger partial charge in [0, 0.05) is 0 Å². The van der Waals surface area contributed by atoms with Crippen molar-refractivity contribution in [3.05, 3.63) is 35.9 Å². The fourth-order valence-corrected chi connectivity index (χ4v) is 3.55. The van der Waals surface area contributed by atoms with Crippen LogP contribution < -0.4 is 5.32 Å². The lowest BCUT2D eigenvalue weighted by atomic mass is 10.0. The molecule has 2 amide bonds. The summed E-state index contributed by atoms with van der Waals surface area (Å²) in [4.78, 5) is 37.9. The van der Waals surface area contributed by atoms with Crippen LogP contribution in [0.1, 0.15) is 44.7 Å². The maximum absolute atomic E-state index is 12.7. The number of amides is 2. The second-order valence-electron chi connectivity index (χ2n) is 6.71. The highest BCUT2D eigenvalue weighted by atomic mass is 32.1. The van der Waals surface area contributed by atoms with E-state index in [-0.39, 0.29) is 30.3 Å². The molecule has 2 N–H and O–H groups in total. The number of carbonyl (C=O) groups excluding carboxylic acids is 2. The molecule has 0 aliphatic carbocycles. The van der Waals surface area contributed by atoms with Gasteiger partial charge in [0.2, 0.25) is 11.8 Å². The van der Waals surface area contributed by atoms with Gasteiger partial charge in [-0.05, 0) is 24.3 Å². The molecule has 0 bridgehead atoms. The molecule has 1 aliphatic heterocycles. The smallest absolute Gasteiger partial charge is 0.326 e. The van der Waals surface area contributed by atoms with Crippen molar-refractivity contribution in [2.75, 3.05) is 6.54 Å². The molecule has 26 heavy (non-hydrogen) atoms. The Morgan fingerprint density at radius 2 is 1.92 bits per heavy atom. The quantitative estimate of drug-likeness (QED) is 0.635. The molecule has 4 atom stereocenters. The van der Waals surface area contributed by atoms with Gasteiger partial charge in [-0.15, -0.1) is 0 Å². The van der Waals surface area contributed by atoms with Gasteiger partial charge in [-0.3, -0.25) is 9.59 Å². The summed E-state index contributed by atoms with van der Waals surface area (Å²) in [5, 5.41) is 11.6. The van der Waals surface area contributed by atoms with E-state index < -0.39 is 17.3 Å². The Hall–Kier alpha value is -2.02. The van der Waals surface area contributed by atoms with Crippen LogP contribution in [0, 0.1) is 5.92 Å². The van der Waals surface area contributed by atoms with Gasteiger partial charge in [0.1, 0.15) is 6.04 Å². The van der Waals surface area contributed by atoms with Crippen molar-refractivity contribution in [1.82, 2.24) is 10.2 Å². The largest absolute Gasteiger partial charge is 0.480 e. The maximum atomic E-state index is 12.7. The van der Waals surface area contributed by atoms with Crippen molar-refractivity contribution in [3.8, 4) is 0 Å². The molecule has 0 saturated carbocycles. The van der Waals surface area contributed by atoms with Gasteiger partial charge >= 0.3 is 5.97 Å². The number of hydrogen-bond acceptors (Lipinski definition) is 4. The molecule has 1 heterocycles. The first-order chi connectivity index (χ1) is 12.4. The second kappa shape index (κ2) is 9.07. The van der Waals surface area contributed by atoms with Crippen LogP contribution in [0.15, 0.2) is 30.3 Å². The summed E-state index contributed by atoms with van der Waals surface area (Å²) < 4.78 is 0. The van der Waals surface area contributed by atoms with E-state index in [1.54, 1.807) is 0 Å². The van der Waals surface area contributed by atoms with Crippen molar-refractivity contribution in [3.63, 3.8) is 0 Å². The van der Waals surface area contributed by atoms with E-state index in [0.717, 1.165) is 12.0 Å². The van der Waals surface area contributed by atoms with Gasteiger partial charge in [-0.25, -0.2) is 4.79 Å². The molecule has 7 heteroatoms. The lowest BCUT2D eigenvalue weighted by Gasteiger charge is -2.29. The monoisotopic (exact) mass is 378 g/mol. The molecule has 1 aromatic rings. The number of thiol groups is 1. The van der Waals surface area contributed by atoms with E-state index in [2.05, 4.69) is 17.9 Å². The summed E-state index contributed by atoms with van der Waals surface area (Å²) >= 11 is 4.31. The van der Waals surface area contributed by atoms with E-state index in [9.17, 15) is 19.5 Å². The number of likely N-dealkylation sites (tertiary alicyclic amines) is 1. The first kappa shape index (κ1) is 20.3. The van der Waals surface area contributed by atoms with E-state index in [0.29, 0.717) is 12.8 Å². The molecular weight excluding hydrogens is 352 g/mol. The molecule has 1 fully saturated rings. The van der Waals surface area contributed by atoms with Crippen LogP contribution >= 0.6 is 12.6 Å². The molecule has 0 aromatic heterocycles. The summed E-state index contributed by atoms with van der Waals surface area (Å²) in [5.41, 5.74) is 0.905. The molecule has 6 nitrogen and oxygen atoms in total. The van der Waals surface area contributed by atoms with Gasteiger partial charge in [-0.1, -0.05) is 50.6 Å². The molecule has 2 rings (SSSR count). The fraction of sp³-hybridized carbons (Fsp3) is 0.526. The zero-order chi connectivity index (χ0) is 19.3. The lowest BCUT2D eigenvalue weighted by Crippen LogP contribution is -2.47. The minimum absolute atomic E-state index is 0.0871. The Bertz CT molecular complexity index is 652. The van der Waals surface area contributed by atoms with Crippen LogP contribution in [0.5, 0.6) is 0 Å². The third kappa shape index (κ3) is 4.58. The van der Waals surface area contributed by atoms with Crippen LogP contribution in [0.3, 0.4) is 0 Å². The molecule has 0 radical (unpaired) electrons. The molecule has 1 aromatic carbocycles. The van der Waals surface area contributed by atoms with E-state index in [4.69, 9.17) is 0 Å². The van der Waals surface area contributed by atoms with E-state index in [1.807, 2.05) is 44.2 Å². The van der Waals surface area contributed by atoms with Crippen molar-refractivity contribution in [1.29, 1.82) is 0 Å². The summed E-state index contributed by atoms with van der Waals surface area (Å²) in [6.45, 7) is 3.67. The third-order valence-corrected chi connectivity index (χ3v) is 5.75. The van der Waals surface area contributed by atoms with Gasteiger partial charge in [0.05, 0.1) is 17.8 Å². The van der Waals surface area contributed by atoms with Crippen molar-refractivity contribution in [2.24, 2.45) is 5.92 Å². The topological polar surface area (TPSA) is 86.7 Å². The predicted molar refractivity (Wildman–Crippen MR) is 102 cm³/mol. The second-order valence-corrected chi connectivity index (χ2v) is 7.26. The number of aliphatic carboxylic acids is 1. The normalized spacial score (nSPS) is 21.9. The molecule has 1 saturated heterocycles. The SMILES string of the molecule is CC[C@H](C)C(S)C(=O)NCC(=O)N1[C@@H](c2ccccc2)CC[C@H]1C(=O)O. The van der Waals surface area contributed by atoms with Crippen LogP contribution in [-0.4, -0.2) is 45.6 Å². The highest BCUT2D eigenvalue weighted by molar-refractivity contribution is 7.81. The van der Waals surface area contributed by atoms with Gasteiger partial charge < -0.3 is 15.3 Å². The Labute approximate surface area is 159 Å². The molecule has 1 unspecified atom stereocenters. The molecular formula is C19H26N2O4S. The number of carboxylic acid groups (broad SMARTS) is 1. The Balaban J connectivity index is 2.09. The zero-order valence-corrected chi connectivity index (χ0v) is 16.0. The van der Waals surface area contributed by atoms with Gasteiger partial charge in [0.25, 0.3) is 0 Å². The van der Waals surface area contributed by atoms with Crippen molar-refractivity contribution in [2.45, 2.75) is 50.4 Å². The highest BCUT2D eigenvalue weighted by Crippen LogP contribution is 2.36. The van der Waals surface area contributed by atoms with Crippen LogP contribution in [0.25, 0.3) is 0 Å². The average molecular weight is 378 g/mol. The highest BCUT2D eigenvalue weighted by Gasteiger charge is 2.41. The number of hydrogen-bond donors (Lipinski definition) is 3. The first-order valence-electron chi connectivity index (χ1n) is 8.91.